The van der Waals surface area contributed by atoms with Crippen LogP contribution in [0.15, 0.2) is 18.3 Å². The van der Waals surface area contributed by atoms with Crippen molar-refractivity contribution in [1.29, 1.82) is 0 Å². The van der Waals surface area contributed by atoms with Crippen molar-refractivity contribution in [2.45, 2.75) is 38.6 Å². The first-order valence-electron chi connectivity index (χ1n) is 11.8. The molecule has 9 nitrogen and oxygen atoms in total. The van der Waals surface area contributed by atoms with Gasteiger partial charge in [0, 0.05) is 83.3 Å². The van der Waals surface area contributed by atoms with Crippen molar-refractivity contribution in [3.05, 3.63) is 29.6 Å². The maximum absolute atomic E-state index is 12.7. The third-order valence-electron chi connectivity index (χ3n) is 6.73. The van der Waals surface area contributed by atoms with Crippen molar-refractivity contribution in [3.63, 3.8) is 0 Å². The summed E-state index contributed by atoms with van der Waals surface area (Å²) in [7, 11) is 0. The number of amides is 4. The van der Waals surface area contributed by atoms with E-state index in [9.17, 15) is 14.4 Å². The number of nitrogens with zero attached hydrogens (tertiary/aromatic N) is 5. The van der Waals surface area contributed by atoms with Gasteiger partial charge in [0.1, 0.15) is 0 Å². The van der Waals surface area contributed by atoms with Gasteiger partial charge in [0.25, 0.3) is 5.91 Å². The Bertz CT molecular complexity index is 822. The Labute approximate surface area is 189 Å². The van der Waals surface area contributed by atoms with Gasteiger partial charge in [-0.05, 0) is 38.3 Å². The zero-order valence-corrected chi connectivity index (χ0v) is 19.0. The number of likely N-dealkylation sites (tertiary alicyclic amines) is 2. The van der Waals surface area contributed by atoms with Crippen LogP contribution in [0.4, 0.5) is 4.79 Å². The fraction of sp³-hybridized carbons (Fsp3) is 0.652. The monoisotopic (exact) mass is 442 g/mol. The average Bonchev–Trinajstić information content (AvgIpc) is 3.27. The Morgan fingerprint density at radius 1 is 1.03 bits per heavy atom. The first-order valence-corrected chi connectivity index (χ1v) is 11.8. The molecule has 1 aromatic heterocycles. The number of urea groups is 1. The van der Waals surface area contributed by atoms with E-state index in [2.05, 4.69) is 15.2 Å². The van der Waals surface area contributed by atoms with E-state index in [4.69, 9.17) is 0 Å². The minimum Gasteiger partial charge on any atom is -0.341 e. The van der Waals surface area contributed by atoms with Gasteiger partial charge in [0.05, 0.1) is 5.56 Å². The van der Waals surface area contributed by atoms with E-state index < -0.39 is 0 Å². The highest BCUT2D eigenvalue weighted by molar-refractivity contribution is 5.94. The summed E-state index contributed by atoms with van der Waals surface area (Å²) in [5.41, 5.74) is 1.47. The highest BCUT2D eigenvalue weighted by atomic mass is 16.2. The largest absolute Gasteiger partial charge is 0.341 e. The number of carbonyl (C=O) groups excluding carboxylic acids is 3. The maximum Gasteiger partial charge on any atom is 0.317 e. The number of pyridine rings is 1. The number of hydrogen-bond acceptors (Lipinski definition) is 5. The second kappa shape index (κ2) is 10.3. The molecule has 32 heavy (non-hydrogen) atoms. The number of aryl methyl sites for hydroxylation is 1. The van der Waals surface area contributed by atoms with Gasteiger partial charge < -0.3 is 20.0 Å². The van der Waals surface area contributed by atoms with E-state index in [0.717, 1.165) is 57.7 Å². The van der Waals surface area contributed by atoms with E-state index in [-0.39, 0.29) is 23.9 Å². The molecule has 4 rings (SSSR count). The van der Waals surface area contributed by atoms with Gasteiger partial charge in [0.15, 0.2) is 0 Å². The Morgan fingerprint density at radius 2 is 1.84 bits per heavy atom. The third kappa shape index (κ3) is 5.56. The molecule has 9 heteroatoms. The topological polar surface area (TPSA) is 89.1 Å². The normalized spacial score (nSPS) is 22.3. The van der Waals surface area contributed by atoms with Crippen molar-refractivity contribution in [1.82, 2.24) is 29.9 Å². The minimum absolute atomic E-state index is 0.0204. The molecule has 0 unspecified atom stereocenters. The summed E-state index contributed by atoms with van der Waals surface area (Å²) in [6, 6.07) is 3.57. The third-order valence-corrected chi connectivity index (χ3v) is 6.73. The molecule has 4 heterocycles. The molecule has 3 fully saturated rings. The average molecular weight is 443 g/mol. The molecule has 3 aliphatic heterocycles. The Balaban J connectivity index is 1.17. The summed E-state index contributed by atoms with van der Waals surface area (Å²) in [5, 5.41) is 3.10. The summed E-state index contributed by atoms with van der Waals surface area (Å²) >= 11 is 0. The highest BCUT2D eigenvalue weighted by Crippen LogP contribution is 2.15. The lowest BCUT2D eigenvalue weighted by Gasteiger charge is -2.36. The fourth-order valence-electron chi connectivity index (χ4n) is 4.64. The Kier molecular flexibility index (Phi) is 7.24. The SMILES string of the molecule is Cc1ccc(C(=O)N2CC[C@@H](NC(=O)N3CCN(CCN4CCCCC4=O)CC3)C2)cn1. The van der Waals surface area contributed by atoms with Crippen LogP contribution in [-0.4, -0.2) is 107 Å². The Morgan fingerprint density at radius 3 is 2.56 bits per heavy atom. The molecular formula is C23H34N6O3. The molecule has 3 aliphatic rings. The van der Waals surface area contributed by atoms with E-state index in [1.807, 2.05) is 22.8 Å². The van der Waals surface area contributed by atoms with Crippen molar-refractivity contribution in [3.8, 4) is 0 Å². The zero-order chi connectivity index (χ0) is 22.5. The summed E-state index contributed by atoms with van der Waals surface area (Å²) in [6.45, 7) is 8.61. The Hall–Kier alpha value is -2.68. The van der Waals surface area contributed by atoms with Gasteiger partial charge in [-0.2, -0.15) is 0 Å². The van der Waals surface area contributed by atoms with Gasteiger partial charge in [-0.1, -0.05) is 0 Å². The molecule has 0 bridgehead atoms. The van der Waals surface area contributed by atoms with Gasteiger partial charge in [0.2, 0.25) is 5.91 Å². The summed E-state index contributed by atoms with van der Waals surface area (Å²) < 4.78 is 0. The zero-order valence-electron chi connectivity index (χ0n) is 19.0. The predicted octanol–water partition coefficient (Wildman–Crippen LogP) is 0.944. The molecule has 0 radical (unpaired) electrons. The molecule has 1 atom stereocenters. The smallest absolute Gasteiger partial charge is 0.317 e. The summed E-state index contributed by atoms with van der Waals surface area (Å²) in [6.07, 6.45) is 5.18. The first kappa shape index (κ1) is 22.5. The summed E-state index contributed by atoms with van der Waals surface area (Å²) in [4.78, 5) is 49.5. The predicted molar refractivity (Wildman–Crippen MR) is 120 cm³/mol. The molecule has 4 amide bonds. The molecule has 1 aromatic rings. The molecule has 0 aromatic carbocycles. The second-order valence-electron chi connectivity index (χ2n) is 9.04. The van der Waals surface area contributed by atoms with Crippen LogP contribution in [0.3, 0.4) is 0 Å². The van der Waals surface area contributed by atoms with Crippen LogP contribution in [0.5, 0.6) is 0 Å². The van der Waals surface area contributed by atoms with Crippen LogP contribution >= 0.6 is 0 Å². The van der Waals surface area contributed by atoms with Crippen LogP contribution in [0.1, 0.15) is 41.7 Å². The molecule has 3 saturated heterocycles. The number of rotatable bonds is 5. The number of hydrogen-bond donors (Lipinski definition) is 1. The van der Waals surface area contributed by atoms with E-state index >= 15 is 0 Å². The van der Waals surface area contributed by atoms with E-state index in [1.165, 1.54) is 0 Å². The van der Waals surface area contributed by atoms with Gasteiger partial charge >= 0.3 is 6.03 Å². The maximum atomic E-state index is 12.7. The van der Waals surface area contributed by atoms with Crippen LogP contribution < -0.4 is 5.32 Å². The number of carbonyl (C=O) groups is 3. The minimum atomic E-state index is -0.0489. The molecule has 0 spiro atoms. The van der Waals surface area contributed by atoms with E-state index in [1.54, 1.807) is 17.2 Å². The van der Waals surface area contributed by atoms with Crippen molar-refractivity contribution in [2.24, 2.45) is 0 Å². The van der Waals surface area contributed by atoms with Crippen molar-refractivity contribution < 1.29 is 14.4 Å². The highest BCUT2D eigenvalue weighted by Gasteiger charge is 2.30. The van der Waals surface area contributed by atoms with Crippen LogP contribution in [-0.2, 0) is 4.79 Å². The van der Waals surface area contributed by atoms with Gasteiger partial charge in [-0.3, -0.25) is 19.5 Å². The molecular weight excluding hydrogens is 408 g/mol. The number of piperidine rings is 1. The molecule has 0 aliphatic carbocycles. The lowest BCUT2D eigenvalue weighted by molar-refractivity contribution is -0.133. The first-order chi connectivity index (χ1) is 15.5. The fourth-order valence-corrected chi connectivity index (χ4v) is 4.64. The van der Waals surface area contributed by atoms with Crippen LogP contribution in [0, 0.1) is 6.92 Å². The summed E-state index contributed by atoms with van der Waals surface area (Å²) in [5.74, 6) is 0.243. The van der Waals surface area contributed by atoms with Gasteiger partial charge in [-0.25, -0.2) is 4.79 Å². The second-order valence-corrected chi connectivity index (χ2v) is 9.04. The number of piperazine rings is 1. The standard InChI is InChI=1S/C23H34N6O3/c1-18-5-6-19(16-24-18)22(31)29-9-7-20(17-29)25-23(32)28-14-11-26(12-15-28)10-13-27-8-3-2-4-21(27)30/h5-6,16,20H,2-4,7-15,17H2,1H3,(H,25,32)/t20-/m1/s1. The molecule has 0 saturated carbocycles. The number of aromatic nitrogens is 1. The number of nitrogens with one attached hydrogen (secondary N) is 1. The quantitative estimate of drug-likeness (QED) is 0.733. The molecule has 174 valence electrons. The van der Waals surface area contributed by atoms with Crippen molar-refractivity contribution >= 4 is 17.8 Å². The van der Waals surface area contributed by atoms with Crippen LogP contribution in [0.2, 0.25) is 0 Å². The van der Waals surface area contributed by atoms with E-state index in [0.29, 0.717) is 38.2 Å². The van der Waals surface area contributed by atoms with Gasteiger partial charge in [-0.15, -0.1) is 0 Å². The lowest BCUT2D eigenvalue weighted by Crippen LogP contribution is -2.54. The lowest BCUT2D eigenvalue weighted by atomic mass is 10.1. The van der Waals surface area contributed by atoms with Crippen molar-refractivity contribution in [2.75, 3.05) is 58.9 Å². The van der Waals surface area contributed by atoms with Crippen LogP contribution in [0.25, 0.3) is 0 Å². The molecule has 1 N–H and O–H groups in total.